The van der Waals surface area contributed by atoms with Gasteiger partial charge in [0.05, 0.1) is 17.2 Å². The molecule has 0 spiro atoms. The van der Waals surface area contributed by atoms with Crippen LogP contribution in [0.3, 0.4) is 0 Å². The average molecular weight is 431 g/mol. The number of benzene rings is 2. The summed E-state index contributed by atoms with van der Waals surface area (Å²) in [7, 11) is 0. The number of hydrogen-bond donors (Lipinski definition) is 3. The van der Waals surface area contributed by atoms with Gasteiger partial charge in [-0.1, -0.05) is 18.2 Å². The number of aliphatic carboxylic acids is 1. The Morgan fingerprint density at radius 3 is 2.59 bits per heavy atom. The Balaban J connectivity index is 1.27. The van der Waals surface area contributed by atoms with Crippen molar-refractivity contribution < 1.29 is 14.6 Å². The summed E-state index contributed by atoms with van der Waals surface area (Å²) < 4.78 is 5.95. The first-order valence-electron chi connectivity index (χ1n) is 10.9. The van der Waals surface area contributed by atoms with E-state index in [2.05, 4.69) is 14.9 Å². The van der Waals surface area contributed by atoms with Gasteiger partial charge in [0.25, 0.3) is 5.56 Å². The van der Waals surface area contributed by atoms with Crippen LogP contribution in [0, 0.1) is 5.92 Å². The van der Waals surface area contributed by atoms with Crippen LogP contribution in [0.15, 0.2) is 59.4 Å². The van der Waals surface area contributed by atoms with Gasteiger partial charge in [0.1, 0.15) is 12.4 Å². The van der Waals surface area contributed by atoms with Crippen LogP contribution in [0.5, 0.6) is 5.75 Å². The van der Waals surface area contributed by atoms with E-state index in [0.717, 1.165) is 52.9 Å². The van der Waals surface area contributed by atoms with Gasteiger partial charge in [-0.25, -0.2) is 0 Å². The zero-order valence-electron chi connectivity index (χ0n) is 17.6. The smallest absolute Gasteiger partial charge is 0.306 e. The summed E-state index contributed by atoms with van der Waals surface area (Å²) in [5.41, 5.74) is 3.01. The van der Waals surface area contributed by atoms with Gasteiger partial charge in [0.15, 0.2) is 0 Å². The number of aromatic nitrogens is 2. The van der Waals surface area contributed by atoms with Crippen molar-refractivity contribution in [2.24, 2.45) is 5.92 Å². The number of ether oxygens (including phenoxy) is 1. The van der Waals surface area contributed by atoms with Gasteiger partial charge in [-0.15, -0.1) is 0 Å². The molecule has 0 atom stereocenters. The molecule has 0 aliphatic carbocycles. The second-order valence-electron chi connectivity index (χ2n) is 8.33. The fourth-order valence-corrected chi connectivity index (χ4v) is 4.39. The minimum atomic E-state index is -0.689. The van der Waals surface area contributed by atoms with Crippen molar-refractivity contribution in [2.75, 3.05) is 26.2 Å². The predicted molar refractivity (Wildman–Crippen MR) is 124 cm³/mol. The molecule has 1 aliphatic heterocycles. The topological polar surface area (TPSA) is 98.4 Å². The van der Waals surface area contributed by atoms with E-state index in [1.807, 2.05) is 54.6 Å². The lowest BCUT2D eigenvalue weighted by molar-refractivity contribution is -0.143. The number of H-pyrrole nitrogens is 2. The number of fused-ring (bicyclic) bond motifs is 2. The minimum absolute atomic E-state index is 0.126. The Hall–Kier alpha value is -3.58. The molecule has 2 aromatic heterocycles. The van der Waals surface area contributed by atoms with E-state index in [9.17, 15) is 9.59 Å². The van der Waals surface area contributed by atoms with E-state index < -0.39 is 5.97 Å². The summed E-state index contributed by atoms with van der Waals surface area (Å²) in [6, 6.07) is 17.5. The lowest BCUT2D eigenvalue weighted by atomic mass is 9.97. The van der Waals surface area contributed by atoms with Crippen molar-refractivity contribution in [1.29, 1.82) is 0 Å². The van der Waals surface area contributed by atoms with Crippen LogP contribution >= 0.6 is 0 Å². The van der Waals surface area contributed by atoms with Crippen molar-refractivity contribution in [2.45, 2.75) is 12.8 Å². The normalized spacial score (nSPS) is 15.4. The van der Waals surface area contributed by atoms with E-state index in [4.69, 9.17) is 9.84 Å². The molecule has 1 aliphatic rings. The summed E-state index contributed by atoms with van der Waals surface area (Å²) in [4.78, 5) is 32.2. The highest BCUT2D eigenvalue weighted by Gasteiger charge is 2.24. The maximum absolute atomic E-state index is 12.6. The van der Waals surface area contributed by atoms with Crippen molar-refractivity contribution in [1.82, 2.24) is 14.9 Å². The number of carbonyl (C=O) groups is 1. The maximum Gasteiger partial charge on any atom is 0.306 e. The zero-order chi connectivity index (χ0) is 22.1. The highest BCUT2D eigenvalue weighted by molar-refractivity contribution is 5.89. The van der Waals surface area contributed by atoms with Gasteiger partial charge in [-0.2, -0.15) is 0 Å². The van der Waals surface area contributed by atoms with E-state index in [1.165, 1.54) is 0 Å². The van der Waals surface area contributed by atoms with Crippen molar-refractivity contribution in [3.8, 4) is 17.0 Å². The number of aromatic amines is 2. The first-order valence-corrected chi connectivity index (χ1v) is 10.9. The second kappa shape index (κ2) is 8.51. The Morgan fingerprint density at radius 2 is 1.78 bits per heavy atom. The molecule has 2 aromatic carbocycles. The minimum Gasteiger partial charge on any atom is -0.492 e. The molecule has 1 fully saturated rings. The number of hydrogen-bond acceptors (Lipinski definition) is 4. The van der Waals surface area contributed by atoms with Gasteiger partial charge >= 0.3 is 5.97 Å². The molecule has 3 N–H and O–H groups in total. The largest absolute Gasteiger partial charge is 0.492 e. The lowest BCUT2D eigenvalue weighted by Gasteiger charge is -2.29. The lowest BCUT2D eigenvalue weighted by Crippen LogP contribution is -2.38. The van der Waals surface area contributed by atoms with Crippen LogP contribution in [-0.4, -0.2) is 52.2 Å². The third kappa shape index (κ3) is 4.11. The zero-order valence-corrected chi connectivity index (χ0v) is 17.6. The van der Waals surface area contributed by atoms with Crippen molar-refractivity contribution >= 4 is 27.8 Å². The molecule has 0 unspecified atom stereocenters. The molecule has 0 amide bonds. The van der Waals surface area contributed by atoms with E-state index >= 15 is 0 Å². The van der Waals surface area contributed by atoms with Crippen LogP contribution in [0.25, 0.3) is 33.1 Å². The van der Waals surface area contributed by atoms with Crippen LogP contribution in [-0.2, 0) is 4.79 Å². The molecule has 1 saturated heterocycles. The van der Waals surface area contributed by atoms with Gasteiger partial charge < -0.3 is 19.8 Å². The number of rotatable bonds is 6. The predicted octanol–water partition coefficient (Wildman–Crippen LogP) is 3.85. The Kier molecular flexibility index (Phi) is 5.41. The molecular formula is C25H25N3O4. The molecule has 7 nitrogen and oxygen atoms in total. The first kappa shape index (κ1) is 20.3. The highest BCUT2D eigenvalue weighted by atomic mass is 16.5. The quantitative estimate of drug-likeness (QED) is 0.431. The van der Waals surface area contributed by atoms with Crippen LogP contribution in [0.2, 0.25) is 0 Å². The van der Waals surface area contributed by atoms with Crippen molar-refractivity contribution in [3.05, 3.63) is 65.0 Å². The average Bonchev–Trinajstić information content (AvgIpc) is 3.22. The highest BCUT2D eigenvalue weighted by Crippen LogP contribution is 2.27. The SMILES string of the molecule is O=C(O)C1CCN(CCOc2ccc3[nH]c(-c4cc5ccccc5[nH]c4=O)cc3c2)CC1. The van der Waals surface area contributed by atoms with E-state index in [-0.39, 0.29) is 11.5 Å². The van der Waals surface area contributed by atoms with Crippen molar-refractivity contribution in [3.63, 3.8) is 0 Å². The molecule has 4 aromatic rings. The number of nitrogens with zero attached hydrogens (tertiary/aromatic N) is 1. The summed E-state index contributed by atoms with van der Waals surface area (Å²) in [6.07, 6.45) is 1.39. The number of likely N-dealkylation sites (tertiary alicyclic amines) is 1. The number of pyridine rings is 1. The molecule has 32 heavy (non-hydrogen) atoms. The number of piperidine rings is 1. The Bertz CT molecular complexity index is 1330. The van der Waals surface area contributed by atoms with E-state index in [1.54, 1.807) is 0 Å². The Labute approximate surface area is 184 Å². The standard InChI is InChI=1S/C25H25N3O4/c29-24-20(14-17-3-1-2-4-21(17)27-24)23-15-18-13-19(5-6-22(18)26-23)32-12-11-28-9-7-16(8-10-28)25(30)31/h1-6,13-16,26H,7-12H2,(H,27,29)(H,30,31). The number of nitrogens with one attached hydrogen (secondary N) is 2. The summed E-state index contributed by atoms with van der Waals surface area (Å²) in [5, 5.41) is 11.1. The number of carboxylic acid groups (broad SMARTS) is 1. The molecule has 0 radical (unpaired) electrons. The maximum atomic E-state index is 12.6. The molecule has 164 valence electrons. The van der Waals surface area contributed by atoms with Gasteiger partial charge in [-0.3, -0.25) is 14.5 Å². The van der Waals surface area contributed by atoms with Crippen LogP contribution in [0.4, 0.5) is 0 Å². The van der Waals surface area contributed by atoms with Gasteiger partial charge in [0.2, 0.25) is 0 Å². The summed E-state index contributed by atoms with van der Waals surface area (Å²) in [6.45, 7) is 2.90. The van der Waals surface area contributed by atoms with Crippen LogP contribution in [0.1, 0.15) is 12.8 Å². The summed E-state index contributed by atoms with van der Waals surface area (Å²) in [5.74, 6) is -0.131. The fourth-order valence-electron chi connectivity index (χ4n) is 4.39. The summed E-state index contributed by atoms with van der Waals surface area (Å²) >= 11 is 0. The number of carboxylic acids is 1. The van der Waals surface area contributed by atoms with Gasteiger partial charge in [0, 0.05) is 23.0 Å². The molecular weight excluding hydrogens is 406 g/mol. The van der Waals surface area contributed by atoms with Gasteiger partial charge in [-0.05, 0) is 67.7 Å². The molecule has 0 saturated carbocycles. The monoisotopic (exact) mass is 431 g/mol. The first-order chi connectivity index (χ1) is 15.6. The molecule has 3 heterocycles. The molecule has 0 bridgehead atoms. The number of para-hydroxylation sites is 1. The third-order valence-corrected chi connectivity index (χ3v) is 6.25. The Morgan fingerprint density at radius 1 is 1.00 bits per heavy atom. The molecule has 7 heteroatoms. The fraction of sp³-hybridized carbons (Fsp3) is 0.280. The molecule has 5 rings (SSSR count). The second-order valence-corrected chi connectivity index (χ2v) is 8.33. The third-order valence-electron chi connectivity index (χ3n) is 6.25. The van der Waals surface area contributed by atoms with Crippen LogP contribution < -0.4 is 10.3 Å². The van der Waals surface area contributed by atoms with E-state index in [0.29, 0.717) is 25.0 Å².